The molecule has 0 radical (unpaired) electrons. The molecule has 1 aromatic carbocycles. The fourth-order valence-corrected chi connectivity index (χ4v) is 3.49. The molecule has 1 aromatic heterocycles. The summed E-state index contributed by atoms with van der Waals surface area (Å²) < 4.78 is 8.07. The van der Waals surface area contributed by atoms with E-state index in [0.717, 1.165) is 11.3 Å². The molecule has 5 heteroatoms. The van der Waals surface area contributed by atoms with Gasteiger partial charge in [0.05, 0.1) is 0 Å². The average Bonchev–Trinajstić information content (AvgIpc) is 2.80. The molecule has 14 heavy (non-hydrogen) atoms. The van der Waals surface area contributed by atoms with Crippen LogP contribution >= 0.6 is 22.6 Å². The first-order valence-electron chi connectivity index (χ1n) is 3.92. The third-order valence-electron chi connectivity index (χ3n) is 1.98. The van der Waals surface area contributed by atoms with E-state index < -0.39 is 0 Å². The maximum absolute atomic E-state index is 10.8. The predicted molar refractivity (Wildman–Crippen MR) is 56.6 cm³/mol. The summed E-state index contributed by atoms with van der Waals surface area (Å²) in [4.78, 5) is 10.8. The van der Waals surface area contributed by atoms with Crippen LogP contribution in [0.4, 0.5) is 10.5 Å². The molecule has 0 aliphatic carbocycles. The first kappa shape index (κ1) is 8.96. The van der Waals surface area contributed by atoms with Gasteiger partial charge in [0.25, 0.3) is 0 Å². The second kappa shape index (κ2) is 3.09. The number of nitrogens with one attached hydrogen (secondary N) is 1. The van der Waals surface area contributed by atoms with E-state index in [9.17, 15) is 4.79 Å². The van der Waals surface area contributed by atoms with Gasteiger partial charge < -0.3 is 0 Å². The van der Waals surface area contributed by atoms with Crippen molar-refractivity contribution in [2.75, 3.05) is 5.32 Å². The number of benzene rings is 1. The van der Waals surface area contributed by atoms with Gasteiger partial charge in [-0.15, -0.1) is 0 Å². The standard InChI is InChI=1S/C9H4I2NO2/c10-9(13)12-4-1-2-6-5(3-4)7-8(11-7)14-6/h1-3H,(H,12,13)/q-1. The molecule has 0 saturated heterocycles. The molecule has 1 N–H and O–H groups in total. The van der Waals surface area contributed by atoms with Crippen LogP contribution in [0.5, 0.6) is 0 Å². The van der Waals surface area contributed by atoms with Gasteiger partial charge in [0, 0.05) is 0 Å². The van der Waals surface area contributed by atoms with Crippen molar-refractivity contribution in [3.8, 4) is 0 Å². The Hall–Kier alpha value is -0.310. The zero-order valence-electron chi connectivity index (χ0n) is 6.80. The monoisotopic (exact) mass is 412 g/mol. The first-order chi connectivity index (χ1) is 6.74. The second-order valence-corrected chi connectivity index (χ2v) is 6.47. The number of anilines is 1. The minimum absolute atomic E-state index is 0.0684. The van der Waals surface area contributed by atoms with Crippen molar-refractivity contribution < 1.29 is 30.4 Å². The summed E-state index contributed by atoms with van der Waals surface area (Å²) in [5.41, 5.74) is 1.78. The molecule has 0 spiro atoms. The molecule has 1 aliphatic heterocycles. The van der Waals surface area contributed by atoms with Crippen molar-refractivity contribution in [3.05, 3.63) is 25.5 Å². The second-order valence-electron chi connectivity index (χ2n) is 2.89. The van der Waals surface area contributed by atoms with Crippen LogP contribution < -0.4 is 26.5 Å². The van der Waals surface area contributed by atoms with Crippen molar-refractivity contribution >= 4 is 43.2 Å². The Kier molecular flexibility index (Phi) is 1.98. The molecule has 1 aliphatic rings. The van der Waals surface area contributed by atoms with Crippen molar-refractivity contribution in [1.29, 1.82) is 0 Å². The van der Waals surface area contributed by atoms with E-state index in [0.29, 0.717) is 0 Å². The van der Waals surface area contributed by atoms with E-state index in [4.69, 9.17) is 4.42 Å². The summed E-state index contributed by atoms with van der Waals surface area (Å²) >= 11 is 1.80. The van der Waals surface area contributed by atoms with Gasteiger partial charge in [-0.05, 0) is 0 Å². The molecule has 3 rings (SSSR count). The number of furan rings is 1. The molecule has 0 atom stereocenters. The van der Waals surface area contributed by atoms with Crippen molar-refractivity contribution in [2.45, 2.75) is 0 Å². The number of hydrogen-bond donors (Lipinski definition) is 1. The van der Waals surface area contributed by atoms with Gasteiger partial charge in [-0.25, -0.2) is 0 Å². The fraction of sp³-hybridized carbons (Fsp3) is 0. The summed E-state index contributed by atoms with van der Waals surface area (Å²) in [7, 11) is 0. The van der Waals surface area contributed by atoms with Gasteiger partial charge in [0.1, 0.15) is 0 Å². The van der Waals surface area contributed by atoms with E-state index in [-0.39, 0.29) is 25.1 Å². The Morgan fingerprint density at radius 3 is 3.14 bits per heavy atom. The molecule has 3 nitrogen and oxygen atoms in total. The van der Waals surface area contributed by atoms with Crippen LogP contribution in [0, 0.1) is 7.34 Å². The third-order valence-corrected chi connectivity index (χ3v) is 4.57. The van der Waals surface area contributed by atoms with E-state index in [2.05, 4.69) is 5.32 Å². The van der Waals surface area contributed by atoms with Crippen LogP contribution in [0.15, 0.2) is 22.6 Å². The van der Waals surface area contributed by atoms with Crippen LogP contribution in [0.1, 0.15) is 0 Å². The Labute approximate surface area is 104 Å². The quantitative estimate of drug-likeness (QED) is 0.343. The minimum atomic E-state index is -0.0684. The number of rotatable bonds is 1. The molecule has 72 valence electrons. The SMILES string of the molecule is O=C(I)Nc1ccc2oc3c(c2c1)[I-]3. The Morgan fingerprint density at radius 1 is 1.50 bits per heavy atom. The Morgan fingerprint density at radius 2 is 2.36 bits per heavy atom. The molecule has 2 heterocycles. The average molecular weight is 412 g/mol. The number of hydrogen-bond acceptors (Lipinski definition) is 2. The van der Waals surface area contributed by atoms with E-state index in [1.54, 1.807) is 22.6 Å². The molecule has 2 aromatic rings. The van der Waals surface area contributed by atoms with Crippen LogP contribution in [0.3, 0.4) is 0 Å². The Bertz CT molecular complexity index is 547. The number of carbonyl (C=O) groups is 1. The van der Waals surface area contributed by atoms with E-state index >= 15 is 0 Å². The molecular formula is C9H4I2NO2-. The van der Waals surface area contributed by atoms with Gasteiger partial charge in [-0.1, -0.05) is 0 Å². The zero-order chi connectivity index (χ0) is 9.71. The zero-order valence-corrected chi connectivity index (χ0v) is 11.1. The topological polar surface area (TPSA) is 42.2 Å². The number of halogens is 2. The van der Waals surface area contributed by atoms with Crippen LogP contribution in [-0.2, 0) is 0 Å². The molecule has 0 unspecified atom stereocenters. The van der Waals surface area contributed by atoms with Gasteiger partial charge in [0.15, 0.2) is 0 Å². The first-order valence-corrected chi connectivity index (χ1v) is 7.15. The number of carbonyl (C=O) groups excluding carboxylic acids is 1. The summed E-state index contributed by atoms with van der Waals surface area (Å²) in [5, 5.41) is 3.93. The van der Waals surface area contributed by atoms with Gasteiger partial charge >= 0.3 is 104 Å². The maximum atomic E-state index is 10.8. The van der Waals surface area contributed by atoms with Crippen LogP contribution in [0.2, 0.25) is 0 Å². The molecule has 1 amide bonds. The van der Waals surface area contributed by atoms with Crippen molar-refractivity contribution in [1.82, 2.24) is 0 Å². The number of fused-ring (bicyclic) bond motifs is 3. The Balaban J connectivity index is 2.11. The molecule has 0 bridgehead atoms. The van der Waals surface area contributed by atoms with E-state index in [1.807, 2.05) is 18.2 Å². The van der Waals surface area contributed by atoms with Crippen LogP contribution in [0.25, 0.3) is 11.0 Å². The predicted octanol–water partition coefficient (Wildman–Crippen LogP) is -0.159. The number of amides is 1. The summed E-state index contributed by atoms with van der Waals surface area (Å²) in [6, 6.07) is 5.76. The van der Waals surface area contributed by atoms with Gasteiger partial charge in [-0.2, -0.15) is 0 Å². The van der Waals surface area contributed by atoms with Gasteiger partial charge in [-0.3, -0.25) is 0 Å². The van der Waals surface area contributed by atoms with Crippen LogP contribution in [-0.4, -0.2) is 3.91 Å². The summed E-state index contributed by atoms with van der Waals surface area (Å²) in [6.45, 7) is 0. The third kappa shape index (κ3) is 1.42. The van der Waals surface area contributed by atoms with E-state index in [1.165, 1.54) is 12.7 Å². The van der Waals surface area contributed by atoms with Crippen molar-refractivity contribution in [3.63, 3.8) is 0 Å². The van der Waals surface area contributed by atoms with Crippen molar-refractivity contribution in [2.24, 2.45) is 0 Å². The summed E-state index contributed by atoms with van der Waals surface area (Å²) in [5.74, 6) is 0. The normalized spacial score (nSPS) is 13.2. The summed E-state index contributed by atoms with van der Waals surface area (Å²) in [6.07, 6.45) is 0. The van der Waals surface area contributed by atoms with Gasteiger partial charge in [0.2, 0.25) is 0 Å². The molecule has 0 fully saturated rings. The molecule has 0 saturated carbocycles. The molecular weight excluding hydrogens is 408 g/mol. The fourth-order valence-electron chi connectivity index (χ4n) is 1.36.